The van der Waals surface area contributed by atoms with Gasteiger partial charge in [-0.2, -0.15) is 0 Å². The third-order valence-corrected chi connectivity index (χ3v) is 3.49. The number of hydrogen-bond acceptors (Lipinski definition) is 1. The highest BCUT2D eigenvalue weighted by atomic mass is 15.2. The van der Waals surface area contributed by atoms with Gasteiger partial charge >= 0.3 is 0 Å². The van der Waals surface area contributed by atoms with Crippen molar-refractivity contribution in [2.24, 2.45) is 0 Å². The van der Waals surface area contributed by atoms with Gasteiger partial charge in [-0.25, -0.2) is 0 Å². The Hall–Kier alpha value is -1.08. The van der Waals surface area contributed by atoms with Gasteiger partial charge in [0.2, 0.25) is 0 Å². The second-order valence-corrected chi connectivity index (χ2v) is 4.88. The summed E-state index contributed by atoms with van der Waals surface area (Å²) in [5, 5.41) is 0. The minimum Gasteiger partial charge on any atom is -0.292 e. The van der Waals surface area contributed by atoms with E-state index in [0.717, 1.165) is 6.54 Å². The van der Waals surface area contributed by atoms with E-state index in [0.29, 0.717) is 6.04 Å². The maximum Gasteiger partial charge on any atom is 0.0281 e. The standard InChI is InChI=1S/C16H23N/c1-2-3-11-16-12-7-8-13-17(16)14-15-9-5-4-6-10-15/h4-7,9-10,12,16H,2-3,8,11,13-14H2,1H3. The Balaban J connectivity index is 1.96. The molecule has 17 heavy (non-hydrogen) atoms. The highest BCUT2D eigenvalue weighted by molar-refractivity contribution is 5.15. The molecule has 0 saturated carbocycles. The summed E-state index contributed by atoms with van der Waals surface area (Å²) in [5.41, 5.74) is 1.43. The second-order valence-electron chi connectivity index (χ2n) is 4.88. The van der Waals surface area contributed by atoms with Gasteiger partial charge in [0.15, 0.2) is 0 Å². The average molecular weight is 229 g/mol. The van der Waals surface area contributed by atoms with Gasteiger partial charge < -0.3 is 0 Å². The van der Waals surface area contributed by atoms with Crippen molar-refractivity contribution in [3.63, 3.8) is 0 Å². The first-order chi connectivity index (χ1) is 8.40. The Bertz CT molecular complexity index is 342. The molecule has 1 aromatic rings. The molecule has 0 spiro atoms. The summed E-state index contributed by atoms with van der Waals surface area (Å²) < 4.78 is 0. The van der Waals surface area contributed by atoms with Crippen molar-refractivity contribution in [2.45, 2.75) is 45.2 Å². The summed E-state index contributed by atoms with van der Waals surface area (Å²) >= 11 is 0. The van der Waals surface area contributed by atoms with E-state index in [9.17, 15) is 0 Å². The van der Waals surface area contributed by atoms with Crippen molar-refractivity contribution in [1.29, 1.82) is 0 Å². The van der Waals surface area contributed by atoms with Gasteiger partial charge in [-0.3, -0.25) is 4.90 Å². The van der Waals surface area contributed by atoms with Gasteiger partial charge in [-0.05, 0) is 18.4 Å². The smallest absolute Gasteiger partial charge is 0.0281 e. The van der Waals surface area contributed by atoms with Crippen LogP contribution >= 0.6 is 0 Å². The maximum atomic E-state index is 2.62. The fourth-order valence-electron chi connectivity index (χ4n) is 2.49. The van der Waals surface area contributed by atoms with Crippen LogP contribution in [0.25, 0.3) is 0 Å². The zero-order valence-electron chi connectivity index (χ0n) is 10.8. The molecule has 1 aromatic carbocycles. The van der Waals surface area contributed by atoms with Crippen LogP contribution in [0.3, 0.4) is 0 Å². The Kier molecular flexibility index (Phi) is 4.81. The van der Waals surface area contributed by atoms with Crippen LogP contribution in [0.2, 0.25) is 0 Å². The summed E-state index contributed by atoms with van der Waals surface area (Å²) in [6.07, 6.45) is 9.89. The Labute approximate surface area is 105 Å². The van der Waals surface area contributed by atoms with Gasteiger partial charge in [0, 0.05) is 19.1 Å². The van der Waals surface area contributed by atoms with E-state index in [1.807, 2.05) is 0 Å². The zero-order valence-corrected chi connectivity index (χ0v) is 10.8. The van der Waals surface area contributed by atoms with Crippen LogP contribution in [0.1, 0.15) is 38.2 Å². The van der Waals surface area contributed by atoms with Crippen LogP contribution in [0.15, 0.2) is 42.5 Å². The summed E-state index contributed by atoms with van der Waals surface area (Å²) in [6.45, 7) is 4.58. The molecular formula is C16H23N. The van der Waals surface area contributed by atoms with Crippen LogP contribution in [0, 0.1) is 0 Å². The van der Waals surface area contributed by atoms with Crippen LogP contribution < -0.4 is 0 Å². The lowest BCUT2D eigenvalue weighted by Crippen LogP contribution is -2.36. The predicted octanol–water partition coefficient (Wildman–Crippen LogP) is 4.01. The van der Waals surface area contributed by atoms with Crippen LogP contribution in [0.4, 0.5) is 0 Å². The Morgan fingerprint density at radius 2 is 2.06 bits per heavy atom. The summed E-state index contributed by atoms with van der Waals surface area (Å²) in [6, 6.07) is 11.5. The highest BCUT2D eigenvalue weighted by Crippen LogP contribution is 2.18. The van der Waals surface area contributed by atoms with E-state index in [1.54, 1.807) is 0 Å². The molecule has 0 amide bonds. The lowest BCUT2D eigenvalue weighted by atomic mass is 10.0. The first-order valence-corrected chi connectivity index (χ1v) is 6.85. The van der Waals surface area contributed by atoms with Crippen LogP contribution in [-0.2, 0) is 6.54 Å². The van der Waals surface area contributed by atoms with Crippen molar-refractivity contribution >= 4 is 0 Å². The van der Waals surface area contributed by atoms with Gasteiger partial charge in [-0.15, -0.1) is 0 Å². The molecule has 0 fully saturated rings. The molecule has 0 aromatic heterocycles. The minimum absolute atomic E-state index is 0.656. The Morgan fingerprint density at radius 3 is 2.82 bits per heavy atom. The number of unbranched alkanes of at least 4 members (excludes halogenated alkanes) is 1. The van der Waals surface area contributed by atoms with E-state index >= 15 is 0 Å². The largest absolute Gasteiger partial charge is 0.292 e. The van der Waals surface area contributed by atoms with E-state index < -0.39 is 0 Å². The molecule has 1 unspecified atom stereocenters. The molecule has 1 aliphatic heterocycles. The first-order valence-electron chi connectivity index (χ1n) is 6.85. The quantitative estimate of drug-likeness (QED) is 0.690. The van der Waals surface area contributed by atoms with E-state index in [-0.39, 0.29) is 0 Å². The van der Waals surface area contributed by atoms with E-state index in [2.05, 4.69) is 54.3 Å². The molecule has 2 rings (SSSR count). The molecule has 1 atom stereocenters. The SMILES string of the molecule is CCCCC1C=CCCN1Cc1ccccc1. The van der Waals surface area contributed by atoms with E-state index in [4.69, 9.17) is 0 Å². The molecular weight excluding hydrogens is 206 g/mol. The Morgan fingerprint density at radius 1 is 1.24 bits per heavy atom. The fourth-order valence-corrected chi connectivity index (χ4v) is 2.49. The minimum atomic E-state index is 0.656. The third kappa shape index (κ3) is 3.71. The molecule has 1 heteroatoms. The van der Waals surface area contributed by atoms with Crippen molar-refractivity contribution < 1.29 is 0 Å². The summed E-state index contributed by atoms with van der Waals surface area (Å²) in [5.74, 6) is 0. The molecule has 0 N–H and O–H groups in total. The fraction of sp³-hybridized carbons (Fsp3) is 0.500. The topological polar surface area (TPSA) is 3.24 Å². The lowest BCUT2D eigenvalue weighted by Gasteiger charge is -2.32. The van der Waals surface area contributed by atoms with E-state index in [1.165, 1.54) is 37.8 Å². The maximum absolute atomic E-state index is 2.62. The third-order valence-electron chi connectivity index (χ3n) is 3.49. The monoisotopic (exact) mass is 229 g/mol. The van der Waals surface area contributed by atoms with Gasteiger partial charge in [0.05, 0.1) is 0 Å². The number of rotatable bonds is 5. The molecule has 0 saturated heterocycles. The highest BCUT2D eigenvalue weighted by Gasteiger charge is 2.17. The molecule has 0 aliphatic carbocycles. The summed E-state index contributed by atoms with van der Waals surface area (Å²) in [4.78, 5) is 2.62. The van der Waals surface area contributed by atoms with Crippen LogP contribution in [-0.4, -0.2) is 17.5 Å². The van der Waals surface area contributed by atoms with Crippen molar-refractivity contribution in [3.8, 4) is 0 Å². The molecule has 0 radical (unpaired) electrons. The summed E-state index contributed by atoms with van der Waals surface area (Å²) in [7, 11) is 0. The molecule has 92 valence electrons. The zero-order chi connectivity index (χ0) is 11.9. The van der Waals surface area contributed by atoms with Crippen molar-refractivity contribution in [2.75, 3.05) is 6.54 Å². The van der Waals surface area contributed by atoms with Gasteiger partial charge in [0.1, 0.15) is 0 Å². The van der Waals surface area contributed by atoms with Crippen molar-refractivity contribution in [3.05, 3.63) is 48.0 Å². The van der Waals surface area contributed by atoms with Crippen molar-refractivity contribution in [1.82, 2.24) is 4.90 Å². The lowest BCUT2D eigenvalue weighted by molar-refractivity contribution is 0.203. The number of benzene rings is 1. The molecule has 0 bridgehead atoms. The number of nitrogens with zero attached hydrogens (tertiary/aromatic N) is 1. The first kappa shape index (κ1) is 12.4. The second kappa shape index (κ2) is 6.61. The normalized spacial score (nSPS) is 20.6. The van der Waals surface area contributed by atoms with Crippen LogP contribution in [0.5, 0.6) is 0 Å². The van der Waals surface area contributed by atoms with Gasteiger partial charge in [-0.1, -0.05) is 62.2 Å². The molecule has 1 aliphatic rings. The number of hydrogen-bond donors (Lipinski definition) is 0. The van der Waals surface area contributed by atoms with Gasteiger partial charge in [0.25, 0.3) is 0 Å². The average Bonchev–Trinajstić information content (AvgIpc) is 2.39. The molecule has 1 nitrogen and oxygen atoms in total. The predicted molar refractivity (Wildman–Crippen MR) is 73.9 cm³/mol. The molecule has 1 heterocycles.